The van der Waals surface area contributed by atoms with E-state index in [0.717, 1.165) is 24.4 Å². The molecule has 0 aliphatic carbocycles. The SMILES string of the molecule is N#C/C(=C/Nc1cccc(C(F)(F)F)c1)C(=O)NCC(=O)O. The zero-order valence-electron chi connectivity index (χ0n) is 10.9. The second kappa shape index (κ2) is 7.12. The zero-order valence-corrected chi connectivity index (χ0v) is 10.9. The number of carbonyl (C=O) groups is 2. The molecular formula is C13H10F3N3O3. The molecule has 1 rings (SSSR count). The van der Waals surface area contributed by atoms with E-state index in [0.29, 0.717) is 0 Å². The first-order valence-electron chi connectivity index (χ1n) is 5.78. The summed E-state index contributed by atoms with van der Waals surface area (Å²) in [5, 5.41) is 21.5. The van der Waals surface area contributed by atoms with Gasteiger partial charge in [-0.05, 0) is 18.2 Å². The standard InChI is InChI=1S/C13H10F3N3O3/c14-13(15,16)9-2-1-3-10(4-9)18-6-8(5-17)12(22)19-7-11(20)21/h1-4,6,18H,7H2,(H,19,22)(H,20,21)/b8-6-. The number of carboxylic acid groups (broad SMARTS) is 1. The molecule has 0 radical (unpaired) electrons. The highest BCUT2D eigenvalue weighted by atomic mass is 19.4. The van der Waals surface area contributed by atoms with Crippen LogP contribution in [0.1, 0.15) is 5.56 Å². The lowest BCUT2D eigenvalue weighted by Crippen LogP contribution is -2.30. The molecule has 0 spiro atoms. The van der Waals surface area contributed by atoms with Crippen molar-refractivity contribution in [3.8, 4) is 6.07 Å². The lowest BCUT2D eigenvalue weighted by atomic mass is 10.2. The van der Waals surface area contributed by atoms with Crippen LogP contribution in [0.25, 0.3) is 0 Å². The first-order valence-corrected chi connectivity index (χ1v) is 5.78. The van der Waals surface area contributed by atoms with Gasteiger partial charge in [0.25, 0.3) is 5.91 Å². The van der Waals surface area contributed by atoms with Crippen LogP contribution in [0, 0.1) is 11.3 Å². The van der Waals surface area contributed by atoms with Gasteiger partial charge in [0, 0.05) is 11.9 Å². The fourth-order valence-electron chi connectivity index (χ4n) is 1.34. The van der Waals surface area contributed by atoms with Gasteiger partial charge in [0.1, 0.15) is 18.2 Å². The molecule has 0 aromatic heterocycles. The molecule has 116 valence electrons. The molecule has 0 fully saturated rings. The Morgan fingerprint density at radius 3 is 2.59 bits per heavy atom. The van der Waals surface area contributed by atoms with Crippen molar-refractivity contribution < 1.29 is 27.9 Å². The number of hydrogen-bond acceptors (Lipinski definition) is 4. The van der Waals surface area contributed by atoms with Crippen LogP contribution in [0.4, 0.5) is 18.9 Å². The number of amides is 1. The molecular weight excluding hydrogens is 303 g/mol. The van der Waals surface area contributed by atoms with Crippen molar-refractivity contribution in [3.05, 3.63) is 41.6 Å². The van der Waals surface area contributed by atoms with Crippen molar-refractivity contribution in [2.45, 2.75) is 6.18 Å². The number of carbonyl (C=O) groups excluding carboxylic acids is 1. The minimum absolute atomic E-state index is 0.0219. The van der Waals surface area contributed by atoms with Crippen molar-refractivity contribution in [1.29, 1.82) is 5.26 Å². The number of nitriles is 1. The molecule has 9 heteroatoms. The Labute approximate surface area is 122 Å². The second-order valence-corrected chi connectivity index (χ2v) is 3.97. The van der Waals surface area contributed by atoms with E-state index in [2.05, 4.69) is 5.32 Å². The van der Waals surface area contributed by atoms with Gasteiger partial charge in [0.05, 0.1) is 5.56 Å². The molecule has 22 heavy (non-hydrogen) atoms. The molecule has 1 aromatic carbocycles. The van der Waals surface area contributed by atoms with Gasteiger partial charge in [-0.25, -0.2) is 0 Å². The van der Waals surface area contributed by atoms with E-state index in [9.17, 15) is 22.8 Å². The maximum atomic E-state index is 12.5. The number of nitrogens with one attached hydrogen (secondary N) is 2. The average Bonchev–Trinajstić information content (AvgIpc) is 2.45. The van der Waals surface area contributed by atoms with Crippen molar-refractivity contribution in [2.24, 2.45) is 0 Å². The molecule has 0 heterocycles. The second-order valence-electron chi connectivity index (χ2n) is 3.97. The van der Waals surface area contributed by atoms with E-state index in [1.54, 1.807) is 0 Å². The Hall–Kier alpha value is -3.02. The molecule has 3 N–H and O–H groups in total. The summed E-state index contributed by atoms with van der Waals surface area (Å²) in [4.78, 5) is 21.7. The highest BCUT2D eigenvalue weighted by Gasteiger charge is 2.30. The number of benzene rings is 1. The monoisotopic (exact) mass is 313 g/mol. The Morgan fingerprint density at radius 2 is 2.05 bits per heavy atom. The van der Waals surface area contributed by atoms with Crippen LogP contribution >= 0.6 is 0 Å². The van der Waals surface area contributed by atoms with Gasteiger partial charge in [-0.2, -0.15) is 18.4 Å². The highest BCUT2D eigenvalue weighted by Crippen LogP contribution is 2.30. The van der Waals surface area contributed by atoms with Crippen LogP contribution in [-0.4, -0.2) is 23.5 Å². The van der Waals surface area contributed by atoms with Gasteiger partial charge in [0.2, 0.25) is 0 Å². The predicted molar refractivity (Wildman–Crippen MR) is 69.4 cm³/mol. The van der Waals surface area contributed by atoms with Crippen LogP contribution in [0.3, 0.4) is 0 Å². The first-order chi connectivity index (χ1) is 10.2. The van der Waals surface area contributed by atoms with E-state index < -0.39 is 35.7 Å². The fraction of sp³-hybridized carbons (Fsp3) is 0.154. The number of anilines is 1. The molecule has 1 amide bonds. The van der Waals surface area contributed by atoms with Crippen molar-refractivity contribution >= 4 is 17.6 Å². The molecule has 1 aromatic rings. The number of alkyl halides is 3. The van der Waals surface area contributed by atoms with E-state index in [1.807, 2.05) is 5.32 Å². The smallest absolute Gasteiger partial charge is 0.416 e. The lowest BCUT2D eigenvalue weighted by molar-refractivity contribution is -0.138. The Morgan fingerprint density at radius 1 is 1.36 bits per heavy atom. The van der Waals surface area contributed by atoms with E-state index in [-0.39, 0.29) is 5.69 Å². The summed E-state index contributed by atoms with van der Waals surface area (Å²) in [5.74, 6) is -2.25. The number of carboxylic acids is 1. The number of rotatable bonds is 5. The van der Waals surface area contributed by atoms with Crippen molar-refractivity contribution in [1.82, 2.24) is 5.32 Å². The van der Waals surface area contributed by atoms with Gasteiger partial charge in [-0.15, -0.1) is 0 Å². The summed E-state index contributed by atoms with van der Waals surface area (Å²) in [7, 11) is 0. The molecule has 0 aliphatic rings. The van der Waals surface area contributed by atoms with Crippen LogP contribution in [0.15, 0.2) is 36.0 Å². The minimum atomic E-state index is -4.52. The third-order valence-electron chi connectivity index (χ3n) is 2.34. The number of hydrogen-bond donors (Lipinski definition) is 3. The molecule has 0 aliphatic heterocycles. The summed E-state index contributed by atoms with van der Waals surface area (Å²) in [5.41, 5.74) is -1.34. The predicted octanol–water partition coefficient (Wildman–Crippen LogP) is 1.73. The Kier molecular flexibility index (Phi) is 5.51. The topological polar surface area (TPSA) is 102 Å². The summed E-state index contributed by atoms with van der Waals surface area (Å²) < 4.78 is 37.6. The molecule has 0 atom stereocenters. The van der Waals surface area contributed by atoms with Gasteiger partial charge < -0.3 is 15.7 Å². The quantitative estimate of drug-likeness (QED) is 0.567. The van der Waals surface area contributed by atoms with Crippen LogP contribution < -0.4 is 10.6 Å². The molecule has 0 saturated heterocycles. The third kappa shape index (κ3) is 5.16. The van der Waals surface area contributed by atoms with E-state index >= 15 is 0 Å². The highest BCUT2D eigenvalue weighted by molar-refractivity contribution is 5.98. The van der Waals surface area contributed by atoms with Gasteiger partial charge in [-0.3, -0.25) is 9.59 Å². The van der Waals surface area contributed by atoms with Gasteiger partial charge in [0.15, 0.2) is 0 Å². The molecule has 6 nitrogen and oxygen atoms in total. The normalized spacial score (nSPS) is 11.5. The summed E-state index contributed by atoms with van der Waals surface area (Å²) in [6.07, 6.45) is -3.62. The maximum absolute atomic E-state index is 12.5. The lowest BCUT2D eigenvalue weighted by Gasteiger charge is -2.08. The van der Waals surface area contributed by atoms with Gasteiger partial charge in [-0.1, -0.05) is 6.07 Å². The summed E-state index contributed by atoms with van der Waals surface area (Å²) in [6, 6.07) is 5.67. The average molecular weight is 313 g/mol. The van der Waals surface area contributed by atoms with Crippen molar-refractivity contribution in [2.75, 3.05) is 11.9 Å². The number of halogens is 3. The van der Waals surface area contributed by atoms with Crippen LogP contribution in [0.5, 0.6) is 0 Å². The third-order valence-corrected chi connectivity index (χ3v) is 2.34. The van der Waals surface area contributed by atoms with Crippen LogP contribution in [-0.2, 0) is 15.8 Å². The molecule has 0 saturated carbocycles. The Bertz CT molecular complexity index is 648. The van der Waals surface area contributed by atoms with Crippen LogP contribution in [0.2, 0.25) is 0 Å². The molecule has 0 unspecified atom stereocenters. The first kappa shape index (κ1) is 17.0. The molecule has 0 bridgehead atoms. The maximum Gasteiger partial charge on any atom is 0.416 e. The Balaban J connectivity index is 2.83. The van der Waals surface area contributed by atoms with E-state index in [4.69, 9.17) is 10.4 Å². The summed E-state index contributed by atoms with van der Waals surface area (Å²) >= 11 is 0. The minimum Gasteiger partial charge on any atom is -0.480 e. The number of nitrogens with zero attached hydrogens (tertiary/aromatic N) is 1. The van der Waals surface area contributed by atoms with E-state index in [1.165, 1.54) is 12.1 Å². The van der Waals surface area contributed by atoms with Gasteiger partial charge >= 0.3 is 12.1 Å². The zero-order chi connectivity index (χ0) is 16.8. The largest absolute Gasteiger partial charge is 0.480 e. The van der Waals surface area contributed by atoms with Crippen molar-refractivity contribution in [3.63, 3.8) is 0 Å². The fourth-order valence-corrected chi connectivity index (χ4v) is 1.34. The number of aliphatic carboxylic acids is 1. The summed E-state index contributed by atoms with van der Waals surface area (Å²) in [6.45, 7) is -0.679.